The summed E-state index contributed by atoms with van der Waals surface area (Å²) < 4.78 is 5.41. The number of amides is 1. The number of rotatable bonds is 6. The highest BCUT2D eigenvalue weighted by Crippen LogP contribution is 2.23. The highest BCUT2D eigenvalue weighted by molar-refractivity contribution is 5.82. The van der Waals surface area contributed by atoms with Crippen molar-refractivity contribution in [2.75, 3.05) is 7.11 Å². The zero-order valence-electron chi connectivity index (χ0n) is 15.1. The molecule has 0 saturated heterocycles. The van der Waals surface area contributed by atoms with Gasteiger partial charge < -0.3 is 10.1 Å². The Balaban J connectivity index is 1.66. The van der Waals surface area contributed by atoms with Gasteiger partial charge in [0.05, 0.1) is 11.6 Å². The molecule has 0 aliphatic rings. The summed E-state index contributed by atoms with van der Waals surface area (Å²) in [6.07, 6.45) is -0.673. The molecule has 0 spiro atoms. The molecule has 1 amide bonds. The van der Waals surface area contributed by atoms with Crippen molar-refractivity contribution in [3.05, 3.63) is 95.6 Å². The number of nitrogens with zero attached hydrogens (tertiary/aromatic N) is 1. The van der Waals surface area contributed by atoms with Crippen LogP contribution < -0.4 is 5.32 Å². The molecule has 134 valence electrons. The molecule has 0 aromatic heterocycles. The maximum absolute atomic E-state index is 12.5. The van der Waals surface area contributed by atoms with Gasteiger partial charge in [0, 0.05) is 13.7 Å². The molecule has 1 atom stereocenters. The predicted octanol–water partition coefficient (Wildman–Crippen LogP) is 4.23. The maximum atomic E-state index is 12.5. The molecular weight excluding hydrogens is 336 g/mol. The molecule has 0 unspecified atom stereocenters. The van der Waals surface area contributed by atoms with E-state index in [1.807, 2.05) is 66.7 Å². The number of nitrogens with one attached hydrogen (secondary N) is 1. The minimum Gasteiger partial charge on any atom is -0.367 e. The Bertz CT molecular complexity index is 927. The van der Waals surface area contributed by atoms with E-state index in [-0.39, 0.29) is 5.91 Å². The third-order valence-corrected chi connectivity index (χ3v) is 4.34. The van der Waals surface area contributed by atoms with Gasteiger partial charge in [0.25, 0.3) is 5.91 Å². The van der Waals surface area contributed by atoms with Gasteiger partial charge in [-0.3, -0.25) is 4.79 Å². The lowest BCUT2D eigenvalue weighted by atomic mass is 10.0. The second kappa shape index (κ2) is 8.79. The molecule has 0 fully saturated rings. The standard InChI is InChI=1S/C23H20N2O2/c1-27-22(23(26)25-16-18-9-7-17(15-24)8-10-18)21-13-11-20(12-14-21)19-5-3-2-4-6-19/h2-14,22H,16H2,1H3,(H,25,26)/t22-/m0/s1. The molecule has 3 aromatic carbocycles. The minimum atomic E-state index is -0.673. The highest BCUT2D eigenvalue weighted by Gasteiger charge is 2.19. The Morgan fingerprint density at radius 3 is 2.19 bits per heavy atom. The Morgan fingerprint density at radius 1 is 0.963 bits per heavy atom. The summed E-state index contributed by atoms with van der Waals surface area (Å²) in [5, 5.41) is 11.7. The second-order valence-corrected chi connectivity index (χ2v) is 6.13. The first-order valence-electron chi connectivity index (χ1n) is 8.66. The molecule has 27 heavy (non-hydrogen) atoms. The van der Waals surface area contributed by atoms with E-state index in [2.05, 4.69) is 11.4 Å². The van der Waals surface area contributed by atoms with Gasteiger partial charge in [0.1, 0.15) is 0 Å². The second-order valence-electron chi connectivity index (χ2n) is 6.13. The minimum absolute atomic E-state index is 0.200. The van der Waals surface area contributed by atoms with Crippen LogP contribution in [0.1, 0.15) is 22.8 Å². The molecule has 0 saturated carbocycles. The molecule has 0 heterocycles. The van der Waals surface area contributed by atoms with E-state index < -0.39 is 6.10 Å². The first-order chi connectivity index (χ1) is 13.2. The van der Waals surface area contributed by atoms with Gasteiger partial charge in [-0.05, 0) is 34.4 Å². The van der Waals surface area contributed by atoms with Crippen LogP contribution in [-0.2, 0) is 16.1 Å². The first kappa shape index (κ1) is 18.4. The van der Waals surface area contributed by atoms with Gasteiger partial charge in [-0.2, -0.15) is 5.26 Å². The molecule has 4 heteroatoms. The van der Waals surface area contributed by atoms with Gasteiger partial charge in [0.2, 0.25) is 0 Å². The lowest BCUT2D eigenvalue weighted by molar-refractivity contribution is -0.131. The summed E-state index contributed by atoms with van der Waals surface area (Å²) in [7, 11) is 1.52. The van der Waals surface area contributed by atoms with E-state index in [1.54, 1.807) is 12.1 Å². The van der Waals surface area contributed by atoms with Gasteiger partial charge in [-0.1, -0.05) is 66.7 Å². The quantitative estimate of drug-likeness (QED) is 0.719. The van der Waals surface area contributed by atoms with Gasteiger partial charge in [-0.15, -0.1) is 0 Å². The number of hydrogen-bond donors (Lipinski definition) is 1. The SMILES string of the molecule is CO[C@H](C(=O)NCc1ccc(C#N)cc1)c1ccc(-c2ccccc2)cc1. The molecule has 3 rings (SSSR count). The summed E-state index contributed by atoms with van der Waals surface area (Å²) >= 11 is 0. The Morgan fingerprint density at radius 2 is 1.59 bits per heavy atom. The molecule has 3 aromatic rings. The van der Waals surface area contributed by atoms with Crippen LogP contribution in [0.4, 0.5) is 0 Å². The van der Waals surface area contributed by atoms with Crippen molar-refractivity contribution in [1.29, 1.82) is 5.26 Å². The van der Waals surface area contributed by atoms with Crippen LogP contribution in [0, 0.1) is 11.3 Å². The summed E-state index contributed by atoms with van der Waals surface area (Å²) in [6, 6.07) is 27.1. The topological polar surface area (TPSA) is 62.1 Å². The van der Waals surface area contributed by atoms with Crippen molar-refractivity contribution < 1.29 is 9.53 Å². The average Bonchev–Trinajstić information content (AvgIpc) is 2.74. The third-order valence-electron chi connectivity index (χ3n) is 4.34. The van der Waals surface area contributed by atoms with E-state index in [0.29, 0.717) is 12.1 Å². The van der Waals surface area contributed by atoms with Crippen LogP contribution in [0.25, 0.3) is 11.1 Å². The smallest absolute Gasteiger partial charge is 0.254 e. The van der Waals surface area contributed by atoms with Crippen molar-refractivity contribution in [3.63, 3.8) is 0 Å². The lowest BCUT2D eigenvalue weighted by Crippen LogP contribution is -2.29. The van der Waals surface area contributed by atoms with Crippen molar-refractivity contribution in [3.8, 4) is 17.2 Å². The van der Waals surface area contributed by atoms with E-state index in [4.69, 9.17) is 10.00 Å². The fraction of sp³-hybridized carbons (Fsp3) is 0.130. The third kappa shape index (κ3) is 4.60. The normalized spacial score (nSPS) is 11.4. The van der Waals surface area contributed by atoms with E-state index in [1.165, 1.54) is 7.11 Å². The number of carbonyl (C=O) groups is 1. The fourth-order valence-electron chi connectivity index (χ4n) is 2.85. The first-order valence-corrected chi connectivity index (χ1v) is 8.66. The van der Waals surface area contributed by atoms with Crippen molar-refractivity contribution >= 4 is 5.91 Å². The zero-order valence-corrected chi connectivity index (χ0v) is 15.1. The number of nitriles is 1. The summed E-state index contributed by atoms with van der Waals surface area (Å²) in [5.74, 6) is -0.200. The Kier molecular flexibility index (Phi) is 5.98. The summed E-state index contributed by atoms with van der Waals surface area (Å²) in [6.45, 7) is 0.381. The molecule has 0 radical (unpaired) electrons. The Hall–Kier alpha value is -3.42. The van der Waals surface area contributed by atoms with E-state index >= 15 is 0 Å². The summed E-state index contributed by atoms with van der Waals surface area (Å²) in [5.41, 5.74) is 4.54. The number of ether oxygens (including phenoxy) is 1. The zero-order chi connectivity index (χ0) is 19.1. The molecule has 1 N–H and O–H groups in total. The van der Waals surface area contributed by atoms with Crippen LogP contribution in [0.5, 0.6) is 0 Å². The van der Waals surface area contributed by atoms with E-state index in [0.717, 1.165) is 22.3 Å². The van der Waals surface area contributed by atoms with Gasteiger partial charge in [-0.25, -0.2) is 0 Å². The van der Waals surface area contributed by atoms with Crippen molar-refractivity contribution in [2.45, 2.75) is 12.6 Å². The largest absolute Gasteiger partial charge is 0.367 e. The number of hydrogen-bond acceptors (Lipinski definition) is 3. The van der Waals surface area contributed by atoms with Crippen LogP contribution in [0.2, 0.25) is 0 Å². The van der Waals surface area contributed by atoms with Crippen LogP contribution >= 0.6 is 0 Å². The predicted molar refractivity (Wildman–Crippen MR) is 105 cm³/mol. The number of methoxy groups -OCH3 is 1. The van der Waals surface area contributed by atoms with Gasteiger partial charge in [0.15, 0.2) is 6.10 Å². The van der Waals surface area contributed by atoms with Crippen LogP contribution in [0.15, 0.2) is 78.9 Å². The monoisotopic (exact) mass is 356 g/mol. The van der Waals surface area contributed by atoms with Crippen molar-refractivity contribution in [1.82, 2.24) is 5.32 Å². The maximum Gasteiger partial charge on any atom is 0.254 e. The fourth-order valence-corrected chi connectivity index (χ4v) is 2.85. The molecular formula is C23H20N2O2. The Labute approximate surface area is 159 Å². The summed E-state index contributed by atoms with van der Waals surface area (Å²) in [4.78, 5) is 12.5. The molecule has 0 aliphatic carbocycles. The molecule has 0 aliphatic heterocycles. The number of carbonyl (C=O) groups excluding carboxylic acids is 1. The van der Waals surface area contributed by atoms with Crippen LogP contribution in [0.3, 0.4) is 0 Å². The number of benzene rings is 3. The average molecular weight is 356 g/mol. The lowest BCUT2D eigenvalue weighted by Gasteiger charge is -2.16. The van der Waals surface area contributed by atoms with Gasteiger partial charge >= 0.3 is 0 Å². The van der Waals surface area contributed by atoms with Crippen molar-refractivity contribution in [2.24, 2.45) is 0 Å². The molecule has 0 bridgehead atoms. The molecule has 4 nitrogen and oxygen atoms in total. The van der Waals surface area contributed by atoms with Crippen LogP contribution in [-0.4, -0.2) is 13.0 Å². The van der Waals surface area contributed by atoms with E-state index in [9.17, 15) is 4.79 Å². The highest BCUT2D eigenvalue weighted by atomic mass is 16.5.